The number of methoxy groups -OCH3 is 1. The number of ether oxygens (including phenoxy) is 1. The van der Waals surface area contributed by atoms with Gasteiger partial charge in [0.05, 0.1) is 7.11 Å². The summed E-state index contributed by atoms with van der Waals surface area (Å²) in [6.07, 6.45) is 0. The predicted molar refractivity (Wildman–Crippen MR) is 76.9 cm³/mol. The molecule has 0 aliphatic heterocycles. The van der Waals surface area contributed by atoms with Crippen molar-refractivity contribution in [2.24, 2.45) is 0 Å². The Bertz CT molecular complexity index is 582. The van der Waals surface area contributed by atoms with Crippen LogP contribution in [0.5, 0.6) is 5.75 Å². The summed E-state index contributed by atoms with van der Waals surface area (Å²) in [5.41, 5.74) is 0.711. The molecule has 0 unspecified atom stereocenters. The first-order valence-corrected chi connectivity index (χ1v) is 6.56. The van der Waals surface area contributed by atoms with Crippen molar-refractivity contribution in [1.82, 2.24) is 0 Å². The summed E-state index contributed by atoms with van der Waals surface area (Å²) < 4.78 is 17.5. The number of rotatable bonds is 3. The summed E-state index contributed by atoms with van der Waals surface area (Å²) in [7, 11) is 1.46. The van der Waals surface area contributed by atoms with Gasteiger partial charge in [-0.3, -0.25) is 0 Å². The monoisotopic (exact) mass is 318 g/mol. The van der Waals surface area contributed by atoms with Crippen molar-refractivity contribution in [3.8, 4) is 5.75 Å². The normalized spacial score (nSPS) is 11.4. The van der Waals surface area contributed by atoms with Crippen molar-refractivity contribution >= 4 is 34.8 Å². The van der Waals surface area contributed by atoms with Gasteiger partial charge in [0.2, 0.25) is 0 Å². The predicted octanol–water partition coefficient (Wildman–Crippen LogP) is 5.17. The summed E-state index contributed by atoms with van der Waals surface area (Å²) >= 11 is 18.4. The van der Waals surface area contributed by atoms with Crippen LogP contribution in [0.2, 0.25) is 5.02 Å². The summed E-state index contributed by atoms with van der Waals surface area (Å²) in [5, 5.41) is 0.558. The third kappa shape index (κ3) is 2.97. The molecule has 0 aliphatic rings. The molecule has 0 atom stereocenters. The van der Waals surface area contributed by atoms with Crippen molar-refractivity contribution in [1.29, 1.82) is 0 Å². The molecule has 0 heterocycles. The van der Waals surface area contributed by atoms with Gasteiger partial charge in [-0.25, -0.2) is 4.39 Å². The molecule has 100 valence electrons. The van der Waals surface area contributed by atoms with Gasteiger partial charge in [0, 0.05) is 16.7 Å². The molecule has 5 heteroatoms. The topological polar surface area (TPSA) is 9.23 Å². The van der Waals surface area contributed by atoms with Crippen molar-refractivity contribution in [3.05, 3.63) is 64.4 Å². The highest BCUT2D eigenvalue weighted by atomic mass is 35.5. The molecule has 0 spiro atoms. The number of benzene rings is 2. The van der Waals surface area contributed by atoms with Crippen molar-refractivity contribution in [2.45, 2.75) is 4.33 Å². The molecule has 0 aromatic heterocycles. The molecule has 1 nitrogen and oxygen atoms in total. The second kappa shape index (κ2) is 5.58. The maximum Gasteiger partial charge on any atom is 0.170 e. The van der Waals surface area contributed by atoms with Gasteiger partial charge < -0.3 is 4.74 Å². The molecular formula is C14H10Cl3FO. The van der Waals surface area contributed by atoms with E-state index in [9.17, 15) is 4.39 Å². The van der Waals surface area contributed by atoms with Gasteiger partial charge in [0.15, 0.2) is 4.33 Å². The average Bonchev–Trinajstić information content (AvgIpc) is 2.38. The van der Waals surface area contributed by atoms with Crippen LogP contribution in [0.1, 0.15) is 11.1 Å². The Labute approximate surface area is 125 Å². The lowest BCUT2D eigenvalue weighted by Gasteiger charge is -2.21. The molecule has 2 aromatic carbocycles. The minimum atomic E-state index is -1.49. The van der Waals surface area contributed by atoms with Crippen LogP contribution in [0.25, 0.3) is 0 Å². The molecule has 2 rings (SSSR count). The largest absolute Gasteiger partial charge is 0.497 e. The zero-order valence-corrected chi connectivity index (χ0v) is 12.2. The Kier molecular flexibility index (Phi) is 4.24. The Hall–Kier alpha value is -0.960. The Morgan fingerprint density at radius 3 is 2.21 bits per heavy atom. The van der Waals surface area contributed by atoms with E-state index in [1.54, 1.807) is 30.3 Å². The van der Waals surface area contributed by atoms with Crippen LogP contribution in [0.3, 0.4) is 0 Å². The minimum absolute atomic E-state index is 0.166. The maximum atomic E-state index is 14.0. The van der Waals surface area contributed by atoms with Crippen molar-refractivity contribution in [2.75, 3.05) is 7.11 Å². The first-order chi connectivity index (χ1) is 8.95. The number of hydrogen-bond donors (Lipinski definition) is 0. The van der Waals surface area contributed by atoms with E-state index in [1.165, 1.54) is 19.2 Å². The minimum Gasteiger partial charge on any atom is -0.497 e. The lowest BCUT2D eigenvalue weighted by molar-refractivity contribution is 0.410. The van der Waals surface area contributed by atoms with Crippen molar-refractivity contribution < 1.29 is 9.13 Å². The van der Waals surface area contributed by atoms with Crippen LogP contribution in [0, 0.1) is 5.82 Å². The van der Waals surface area contributed by atoms with E-state index in [1.807, 2.05) is 0 Å². The van der Waals surface area contributed by atoms with E-state index in [0.717, 1.165) is 0 Å². The van der Waals surface area contributed by atoms with Crippen molar-refractivity contribution in [3.63, 3.8) is 0 Å². The van der Waals surface area contributed by atoms with Gasteiger partial charge in [0.1, 0.15) is 11.6 Å². The van der Waals surface area contributed by atoms with E-state index in [-0.39, 0.29) is 5.56 Å². The highest BCUT2D eigenvalue weighted by Crippen LogP contribution is 2.42. The van der Waals surface area contributed by atoms with Gasteiger partial charge in [-0.15, -0.1) is 0 Å². The summed E-state index contributed by atoms with van der Waals surface area (Å²) in [6, 6.07) is 11.0. The van der Waals surface area contributed by atoms with Gasteiger partial charge in [-0.2, -0.15) is 0 Å². The summed E-state index contributed by atoms with van der Waals surface area (Å²) in [4.78, 5) is 0. The molecule has 0 amide bonds. The van der Waals surface area contributed by atoms with E-state index in [4.69, 9.17) is 39.5 Å². The standard InChI is InChI=1S/C14H10Cl3FO/c1-19-11-6-7-12(13(18)8-11)14(16,17)9-2-4-10(15)5-3-9/h2-8H,1H3. The molecule has 0 fully saturated rings. The fraction of sp³-hybridized carbons (Fsp3) is 0.143. The van der Waals surface area contributed by atoms with E-state index < -0.39 is 10.2 Å². The van der Waals surface area contributed by atoms with Crippen LogP contribution in [0.15, 0.2) is 42.5 Å². The number of alkyl halides is 2. The van der Waals surface area contributed by atoms with Crippen LogP contribution >= 0.6 is 34.8 Å². The molecule has 2 aromatic rings. The first kappa shape index (κ1) is 14.4. The fourth-order valence-electron chi connectivity index (χ4n) is 1.69. The smallest absolute Gasteiger partial charge is 0.170 e. The second-order valence-electron chi connectivity index (χ2n) is 3.93. The van der Waals surface area contributed by atoms with Gasteiger partial charge in [-0.1, -0.05) is 46.9 Å². The SMILES string of the molecule is COc1ccc(C(Cl)(Cl)c2ccc(Cl)cc2)c(F)c1. The molecule has 0 N–H and O–H groups in total. The van der Waals surface area contributed by atoms with Crippen LogP contribution in [-0.4, -0.2) is 7.11 Å². The zero-order chi connectivity index (χ0) is 14.0. The third-order valence-electron chi connectivity index (χ3n) is 2.72. The molecule has 0 saturated heterocycles. The highest BCUT2D eigenvalue weighted by molar-refractivity contribution is 6.50. The van der Waals surface area contributed by atoms with Gasteiger partial charge >= 0.3 is 0 Å². The second-order valence-corrected chi connectivity index (χ2v) is 5.69. The quantitative estimate of drug-likeness (QED) is 0.709. The third-order valence-corrected chi connectivity index (χ3v) is 3.82. The maximum absolute atomic E-state index is 14.0. The van der Waals surface area contributed by atoms with E-state index in [2.05, 4.69) is 0 Å². The van der Waals surface area contributed by atoms with E-state index >= 15 is 0 Å². The number of hydrogen-bond acceptors (Lipinski definition) is 1. The molecule has 0 bridgehead atoms. The molecule has 0 aliphatic carbocycles. The highest BCUT2D eigenvalue weighted by Gasteiger charge is 2.32. The Morgan fingerprint density at radius 1 is 1.05 bits per heavy atom. The van der Waals surface area contributed by atoms with Gasteiger partial charge in [0.25, 0.3) is 0 Å². The Balaban J connectivity index is 2.46. The lowest BCUT2D eigenvalue weighted by Crippen LogP contribution is -2.14. The first-order valence-electron chi connectivity index (χ1n) is 5.43. The molecule has 19 heavy (non-hydrogen) atoms. The average molecular weight is 320 g/mol. The summed E-state index contributed by atoms with van der Waals surface area (Å²) in [6.45, 7) is 0. The lowest BCUT2D eigenvalue weighted by atomic mass is 10.0. The van der Waals surface area contributed by atoms with Crippen LogP contribution in [0.4, 0.5) is 4.39 Å². The van der Waals surface area contributed by atoms with E-state index in [0.29, 0.717) is 16.3 Å². The van der Waals surface area contributed by atoms with Crippen LogP contribution in [-0.2, 0) is 4.33 Å². The molecule has 0 radical (unpaired) electrons. The zero-order valence-electron chi connectivity index (χ0n) is 9.96. The Morgan fingerprint density at radius 2 is 1.68 bits per heavy atom. The van der Waals surface area contributed by atoms with Crippen LogP contribution < -0.4 is 4.74 Å². The fourth-order valence-corrected chi connectivity index (χ4v) is 2.38. The van der Waals surface area contributed by atoms with Gasteiger partial charge in [-0.05, 0) is 29.8 Å². The molecular weight excluding hydrogens is 310 g/mol. The summed E-state index contributed by atoms with van der Waals surface area (Å²) in [5.74, 6) is -0.124. The molecule has 0 saturated carbocycles. The number of halogens is 4.